The molecule has 2 aromatic heterocycles. The molecule has 3 N–H and O–H groups in total. The van der Waals surface area contributed by atoms with Crippen LogP contribution in [0.25, 0.3) is 10.8 Å². The van der Waals surface area contributed by atoms with Crippen molar-refractivity contribution >= 4 is 16.6 Å². The van der Waals surface area contributed by atoms with E-state index in [9.17, 15) is 5.26 Å². The molecule has 2 aromatic rings. The predicted octanol–water partition coefficient (Wildman–Crippen LogP) is 2.09. The standard InChI is InChI=1S/C17H18N4O2/c1-22-15-5-3-4-10(16(15)23-2)6-14-13-9-20-8-12(13)11(7-18)17(19)21-14/h3-5,8-9,15-16,20H,6,19H2,1-2H3. The summed E-state index contributed by atoms with van der Waals surface area (Å²) < 4.78 is 11.0. The molecule has 6 nitrogen and oxygen atoms in total. The van der Waals surface area contributed by atoms with Crippen LogP contribution in [0, 0.1) is 11.3 Å². The van der Waals surface area contributed by atoms with Crippen LogP contribution in [0.4, 0.5) is 5.82 Å². The van der Waals surface area contributed by atoms with Crippen LogP contribution in [-0.4, -0.2) is 36.4 Å². The van der Waals surface area contributed by atoms with Crippen LogP contribution in [-0.2, 0) is 15.9 Å². The number of rotatable bonds is 4. The van der Waals surface area contributed by atoms with Crippen molar-refractivity contribution in [3.63, 3.8) is 0 Å². The van der Waals surface area contributed by atoms with Crippen LogP contribution in [0.15, 0.2) is 36.2 Å². The summed E-state index contributed by atoms with van der Waals surface area (Å²) in [4.78, 5) is 7.46. The Morgan fingerprint density at radius 2 is 2.09 bits per heavy atom. The topological polar surface area (TPSA) is 97.0 Å². The third-order valence-corrected chi connectivity index (χ3v) is 4.12. The lowest BCUT2D eigenvalue weighted by Gasteiger charge is -2.27. The molecule has 3 rings (SSSR count). The average Bonchev–Trinajstić information content (AvgIpc) is 3.04. The molecule has 0 saturated heterocycles. The summed E-state index contributed by atoms with van der Waals surface area (Å²) in [7, 11) is 3.32. The molecule has 2 unspecified atom stereocenters. The van der Waals surface area contributed by atoms with E-state index in [-0.39, 0.29) is 18.0 Å². The van der Waals surface area contributed by atoms with Crippen LogP contribution >= 0.6 is 0 Å². The number of nitrogens with one attached hydrogen (secondary N) is 1. The Bertz CT molecular complexity index is 829. The smallest absolute Gasteiger partial charge is 0.142 e. The van der Waals surface area contributed by atoms with Gasteiger partial charge in [0.05, 0.1) is 5.69 Å². The molecule has 6 heteroatoms. The number of nitrogen functional groups attached to an aromatic ring is 1. The molecule has 0 radical (unpaired) electrons. The van der Waals surface area contributed by atoms with Crippen LogP contribution in [0.1, 0.15) is 11.3 Å². The highest BCUT2D eigenvalue weighted by Gasteiger charge is 2.26. The molecule has 2 heterocycles. The van der Waals surface area contributed by atoms with E-state index >= 15 is 0 Å². The third-order valence-electron chi connectivity index (χ3n) is 4.12. The second-order valence-corrected chi connectivity index (χ2v) is 5.37. The summed E-state index contributed by atoms with van der Waals surface area (Å²) in [5.41, 5.74) is 8.22. The van der Waals surface area contributed by atoms with Crippen molar-refractivity contribution < 1.29 is 9.47 Å². The second kappa shape index (κ2) is 6.24. The molecule has 0 spiro atoms. The van der Waals surface area contributed by atoms with Gasteiger partial charge in [-0.3, -0.25) is 0 Å². The van der Waals surface area contributed by atoms with Gasteiger partial charge < -0.3 is 20.2 Å². The van der Waals surface area contributed by atoms with Crippen LogP contribution in [0.3, 0.4) is 0 Å². The number of ether oxygens (including phenoxy) is 2. The van der Waals surface area contributed by atoms with Gasteiger partial charge in [-0.05, 0) is 5.57 Å². The first-order valence-electron chi connectivity index (χ1n) is 7.27. The van der Waals surface area contributed by atoms with E-state index in [0.717, 1.165) is 22.0 Å². The highest BCUT2D eigenvalue weighted by Crippen LogP contribution is 2.29. The quantitative estimate of drug-likeness (QED) is 0.901. The molecule has 1 aliphatic rings. The van der Waals surface area contributed by atoms with Crippen molar-refractivity contribution in [2.75, 3.05) is 20.0 Å². The maximum atomic E-state index is 9.25. The fraction of sp³-hybridized carbons (Fsp3) is 0.294. The van der Waals surface area contributed by atoms with E-state index in [2.05, 4.69) is 16.0 Å². The summed E-state index contributed by atoms with van der Waals surface area (Å²) >= 11 is 0. The number of pyridine rings is 1. The summed E-state index contributed by atoms with van der Waals surface area (Å²) in [5, 5.41) is 10.9. The van der Waals surface area contributed by atoms with E-state index < -0.39 is 0 Å². The fourth-order valence-electron chi connectivity index (χ4n) is 3.00. The summed E-state index contributed by atoms with van der Waals surface area (Å²) in [6.07, 6.45) is 9.83. The number of hydrogen-bond donors (Lipinski definition) is 2. The average molecular weight is 310 g/mol. The van der Waals surface area contributed by atoms with Gasteiger partial charge in [0, 0.05) is 43.8 Å². The van der Waals surface area contributed by atoms with E-state index in [1.807, 2.05) is 24.4 Å². The largest absolute Gasteiger partial charge is 0.383 e. The molecule has 1 aliphatic carbocycles. The maximum absolute atomic E-state index is 9.25. The van der Waals surface area contributed by atoms with Crippen LogP contribution in [0.2, 0.25) is 0 Å². The van der Waals surface area contributed by atoms with Crippen molar-refractivity contribution in [3.05, 3.63) is 47.5 Å². The molecule has 0 aliphatic heterocycles. The van der Waals surface area contributed by atoms with Gasteiger partial charge in [-0.2, -0.15) is 5.26 Å². The predicted molar refractivity (Wildman–Crippen MR) is 87.7 cm³/mol. The summed E-state index contributed by atoms with van der Waals surface area (Å²) in [6.45, 7) is 0. The van der Waals surface area contributed by atoms with Gasteiger partial charge in [-0.15, -0.1) is 0 Å². The lowest BCUT2D eigenvalue weighted by atomic mass is 9.93. The number of anilines is 1. The van der Waals surface area contributed by atoms with E-state index in [1.165, 1.54) is 0 Å². The van der Waals surface area contributed by atoms with Gasteiger partial charge in [-0.1, -0.05) is 18.2 Å². The van der Waals surface area contributed by atoms with E-state index in [1.54, 1.807) is 20.4 Å². The van der Waals surface area contributed by atoms with Gasteiger partial charge in [0.15, 0.2) is 0 Å². The monoisotopic (exact) mass is 310 g/mol. The number of nitrogens with zero attached hydrogens (tertiary/aromatic N) is 2. The molecule has 23 heavy (non-hydrogen) atoms. The number of hydrogen-bond acceptors (Lipinski definition) is 5. The number of methoxy groups -OCH3 is 2. The summed E-state index contributed by atoms with van der Waals surface area (Å²) in [5.74, 6) is 0.249. The highest BCUT2D eigenvalue weighted by molar-refractivity contribution is 5.92. The number of aromatic amines is 1. The van der Waals surface area contributed by atoms with Crippen LogP contribution in [0.5, 0.6) is 0 Å². The van der Waals surface area contributed by atoms with Crippen molar-refractivity contribution in [1.82, 2.24) is 9.97 Å². The Morgan fingerprint density at radius 1 is 1.30 bits per heavy atom. The van der Waals surface area contributed by atoms with Gasteiger partial charge in [0.25, 0.3) is 0 Å². The minimum Gasteiger partial charge on any atom is -0.383 e. The van der Waals surface area contributed by atoms with Crippen molar-refractivity contribution in [1.29, 1.82) is 5.26 Å². The van der Waals surface area contributed by atoms with Gasteiger partial charge in [-0.25, -0.2) is 4.98 Å². The van der Waals surface area contributed by atoms with Crippen molar-refractivity contribution in [2.45, 2.75) is 18.6 Å². The number of aromatic nitrogens is 2. The number of nitriles is 1. The third kappa shape index (κ3) is 2.61. The first-order chi connectivity index (χ1) is 11.2. The Kier molecular flexibility index (Phi) is 4.15. The Balaban J connectivity index is 2.02. The number of allylic oxidation sites excluding steroid dienone is 2. The van der Waals surface area contributed by atoms with Gasteiger partial charge in [0.1, 0.15) is 29.7 Å². The molecule has 0 fully saturated rings. The lowest BCUT2D eigenvalue weighted by molar-refractivity contribution is 0.00650. The highest BCUT2D eigenvalue weighted by atomic mass is 16.5. The molecular weight excluding hydrogens is 292 g/mol. The SMILES string of the molecule is COC1C=CC=C(Cc2nc(N)c(C#N)c3c[nH]cc23)C1OC. The number of H-pyrrole nitrogens is 1. The molecule has 0 aromatic carbocycles. The fourth-order valence-corrected chi connectivity index (χ4v) is 3.00. The molecule has 0 amide bonds. The van der Waals surface area contributed by atoms with Crippen molar-refractivity contribution in [2.24, 2.45) is 0 Å². The van der Waals surface area contributed by atoms with Crippen molar-refractivity contribution in [3.8, 4) is 6.07 Å². The zero-order valence-electron chi connectivity index (χ0n) is 13.0. The molecular formula is C17H18N4O2. The number of nitrogens with two attached hydrogens (primary N) is 1. The van der Waals surface area contributed by atoms with Gasteiger partial charge in [0.2, 0.25) is 0 Å². The first-order valence-corrected chi connectivity index (χ1v) is 7.27. The Morgan fingerprint density at radius 3 is 2.78 bits per heavy atom. The van der Waals surface area contributed by atoms with E-state index in [4.69, 9.17) is 15.2 Å². The Hall–Kier alpha value is -2.62. The zero-order valence-corrected chi connectivity index (χ0v) is 13.0. The van der Waals surface area contributed by atoms with Crippen LogP contribution < -0.4 is 5.73 Å². The zero-order chi connectivity index (χ0) is 16.4. The maximum Gasteiger partial charge on any atom is 0.142 e. The summed E-state index contributed by atoms with van der Waals surface area (Å²) in [6, 6.07) is 2.11. The Labute approximate surface area is 134 Å². The first kappa shape index (κ1) is 15.3. The normalized spacial score (nSPS) is 20.5. The molecule has 118 valence electrons. The minimum atomic E-state index is -0.169. The lowest BCUT2D eigenvalue weighted by Crippen LogP contribution is -2.32. The van der Waals surface area contributed by atoms with E-state index in [0.29, 0.717) is 12.0 Å². The second-order valence-electron chi connectivity index (χ2n) is 5.37. The number of fused-ring (bicyclic) bond motifs is 1. The molecule has 0 saturated carbocycles. The minimum absolute atomic E-state index is 0.127. The molecule has 2 atom stereocenters. The van der Waals surface area contributed by atoms with Gasteiger partial charge >= 0.3 is 0 Å². The molecule has 0 bridgehead atoms.